The van der Waals surface area contributed by atoms with Crippen LogP contribution in [0.4, 0.5) is 8.78 Å². The number of benzene rings is 1. The van der Waals surface area contributed by atoms with E-state index in [2.05, 4.69) is 21.0 Å². The van der Waals surface area contributed by atoms with E-state index >= 15 is 0 Å². The first-order valence-electron chi connectivity index (χ1n) is 10.4. The predicted octanol–water partition coefficient (Wildman–Crippen LogP) is 3.92. The second kappa shape index (κ2) is 7.35. The molecule has 0 bridgehead atoms. The molecule has 1 spiro atoms. The highest BCUT2D eigenvalue weighted by Crippen LogP contribution is 2.52. The van der Waals surface area contributed by atoms with Crippen LogP contribution in [0.1, 0.15) is 23.2 Å². The number of hydrogen-bond acceptors (Lipinski definition) is 7. The van der Waals surface area contributed by atoms with Gasteiger partial charge in [-0.05, 0) is 41.8 Å². The second-order valence-electron chi connectivity index (χ2n) is 8.01. The highest BCUT2D eigenvalue weighted by molar-refractivity contribution is 5.78. The van der Waals surface area contributed by atoms with Crippen molar-refractivity contribution in [3.8, 4) is 22.6 Å². The second-order valence-corrected chi connectivity index (χ2v) is 8.01. The van der Waals surface area contributed by atoms with Gasteiger partial charge in [0, 0.05) is 17.3 Å². The summed E-state index contributed by atoms with van der Waals surface area (Å²) < 4.78 is 46.2. The Morgan fingerprint density at radius 2 is 1.91 bits per heavy atom. The molecule has 0 amide bonds. The summed E-state index contributed by atoms with van der Waals surface area (Å²) >= 11 is 0. The normalized spacial score (nSPS) is 20.9. The van der Waals surface area contributed by atoms with Gasteiger partial charge in [-0.2, -0.15) is 4.39 Å². The number of rotatable bonds is 2. The molecule has 9 heteroatoms. The zero-order valence-corrected chi connectivity index (χ0v) is 17.3. The molecule has 0 aliphatic carbocycles. The van der Waals surface area contributed by atoms with Crippen molar-refractivity contribution in [3.05, 3.63) is 77.4 Å². The van der Waals surface area contributed by atoms with Crippen molar-refractivity contribution in [1.29, 1.82) is 0 Å². The molecule has 2 aromatic heterocycles. The zero-order chi connectivity index (χ0) is 22.6. The molecule has 0 fully saturated rings. The first-order valence-corrected chi connectivity index (χ1v) is 10.4. The van der Waals surface area contributed by atoms with E-state index in [0.717, 1.165) is 30.0 Å². The Morgan fingerprint density at radius 3 is 2.67 bits per heavy atom. The molecule has 2 N–H and O–H groups in total. The fraction of sp³-hybridized carbons (Fsp3) is 0.208. The van der Waals surface area contributed by atoms with E-state index in [1.54, 1.807) is 24.4 Å². The van der Waals surface area contributed by atoms with Crippen molar-refractivity contribution in [2.24, 2.45) is 10.7 Å². The van der Waals surface area contributed by atoms with Crippen LogP contribution < -0.4 is 10.5 Å². The number of ether oxygens (including phenoxy) is 3. The summed E-state index contributed by atoms with van der Waals surface area (Å²) in [5.41, 5.74) is 7.97. The number of nitrogens with two attached hydrogens (primary N) is 1. The molecule has 1 atom stereocenters. The summed E-state index contributed by atoms with van der Waals surface area (Å²) in [5, 5.41) is 0. The Hall–Kier alpha value is -3.85. The lowest BCUT2D eigenvalue weighted by Gasteiger charge is -2.34. The maximum Gasteiger partial charge on any atom is 0.283 e. The lowest BCUT2D eigenvalue weighted by molar-refractivity contribution is 0.164. The van der Waals surface area contributed by atoms with Gasteiger partial charge in [-0.15, -0.1) is 0 Å². The van der Waals surface area contributed by atoms with Gasteiger partial charge in [-0.25, -0.2) is 14.4 Å². The van der Waals surface area contributed by atoms with Gasteiger partial charge in [0.25, 0.3) is 6.02 Å². The van der Waals surface area contributed by atoms with Gasteiger partial charge in [-0.1, -0.05) is 12.1 Å². The molecule has 7 nitrogen and oxygen atoms in total. The van der Waals surface area contributed by atoms with Crippen molar-refractivity contribution in [2.45, 2.75) is 12.0 Å². The molecule has 3 aliphatic heterocycles. The summed E-state index contributed by atoms with van der Waals surface area (Å²) in [6.07, 6.45) is 5.63. The van der Waals surface area contributed by atoms with Gasteiger partial charge in [0.05, 0.1) is 30.7 Å². The maximum atomic E-state index is 14.5. The van der Waals surface area contributed by atoms with Gasteiger partial charge in [0.1, 0.15) is 18.2 Å². The molecule has 0 saturated carbocycles. The van der Waals surface area contributed by atoms with Gasteiger partial charge < -0.3 is 19.9 Å². The Kier molecular flexibility index (Phi) is 4.41. The number of amidine groups is 1. The van der Waals surface area contributed by atoms with Crippen molar-refractivity contribution in [2.75, 3.05) is 19.8 Å². The van der Waals surface area contributed by atoms with Crippen LogP contribution in [0.3, 0.4) is 0 Å². The predicted molar refractivity (Wildman–Crippen MR) is 116 cm³/mol. The molecule has 0 saturated heterocycles. The van der Waals surface area contributed by atoms with Crippen LogP contribution in [-0.4, -0.2) is 35.8 Å². The van der Waals surface area contributed by atoms with Crippen LogP contribution >= 0.6 is 0 Å². The van der Waals surface area contributed by atoms with Crippen LogP contribution in [0, 0.1) is 11.8 Å². The molecule has 6 rings (SSSR count). The van der Waals surface area contributed by atoms with Gasteiger partial charge in [0.2, 0.25) is 5.95 Å². The molecule has 1 aromatic carbocycles. The van der Waals surface area contributed by atoms with Crippen LogP contribution in [0.5, 0.6) is 11.5 Å². The van der Waals surface area contributed by atoms with E-state index in [1.165, 1.54) is 0 Å². The first-order chi connectivity index (χ1) is 16.0. The van der Waals surface area contributed by atoms with Crippen LogP contribution in [0.25, 0.3) is 16.7 Å². The van der Waals surface area contributed by atoms with Crippen molar-refractivity contribution in [3.63, 3.8) is 0 Å². The molecule has 3 aliphatic rings. The standard InChI is InChI=1S/C24H18F2N4O3/c25-17-5-6-28-22(26)21(17)13-3-4-19-15(8-13)24(12-32-23(27)30-24)16-9-18(29-10-20(16)33-19)14-2-1-7-31-11-14/h2-6,8-10H,1,7,11-12H2,(H2,27,30)/t24-/m0/s1. The van der Waals surface area contributed by atoms with Crippen molar-refractivity contribution >= 4 is 11.6 Å². The van der Waals surface area contributed by atoms with E-state index in [0.29, 0.717) is 41.4 Å². The Bertz CT molecular complexity index is 1340. The maximum absolute atomic E-state index is 14.5. The van der Waals surface area contributed by atoms with Crippen molar-refractivity contribution in [1.82, 2.24) is 9.97 Å². The Balaban J connectivity index is 1.55. The number of nitrogens with zero attached hydrogens (tertiary/aromatic N) is 3. The summed E-state index contributed by atoms with van der Waals surface area (Å²) in [6.45, 7) is 1.25. The van der Waals surface area contributed by atoms with E-state index in [-0.39, 0.29) is 18.2 Å². The van der Waals surface area contributed by atoms with E-state index in [1.807, 2.05) is 6.07 Å². The molecular weight excluding hydrogens is 430 g/mol. The third-order valence-corrected chi connectivity index (χ3v) is 6.07. The highest BCUT2D eigenvalue weighted by Gasteiger charge is 2.47. The quantitative estimate of drug-likeness (QED) is 0.598. The number of aliphatic imine (C=N–C) groups is 1. The van der Waals surface area contributed by atoms with E-state index < -0.39 is 17.3 Å². The van der Waals surface area contributed by atoms with Gasteiger partial charge >= 0.3 is 0 Å². The number of aromatic nitrogens is 2. The summed E-state index contributed by atoms with van der Waals surface area (Å²) in [4.78, 5) is 12.8. The number of hydrogen-bond donors (Lipinski definition) is 1. The fourth-order valence-corrected chi connectivity index (χ4v) is 4.50. The topological polar surface area (TPSA) is 91.9 Å². The molecule has 33 heavy (non-hydrogen) atoms. The monoisotopic (exact) mass is 448 g/mol. The zero-order valence-electron chi connectivity index (χ0n) is 17.3. The van der Waals surface area contributed by atoms with Crippen LogP contribution in [0.15, 0.2) is 53.8 Å². The molecule has 3 aromatic rings. The fourth-order valence-electron chi connectivity index (χ4n) is 4.50. The summed E-state index contributed by atoms with van der Waals surface area (Å²) in [6, 6.07) is 7.91. The Morgan fingerprint density at radius 1 is 1.03 bits per heavy atom. The van der Waals surface area contributed by atoms with Crippen molar-refractivity contribution < 1.29 is 23.0 Å². The van der Waals surface area contributed by atoms with Crippen LogP contribution in [-0.2, 0) is 15.0 Å². The lowest BCUT2D eigenvalue weighted by atomic mass is 9.80. The molecule has 0 radical (unpaired) electrons. The number of halogens is 2. The number of pyridine rings is 2. The van der Waals surface area contributed by atoms with Crippen LogP contribution in [0.2, 0.25) is 0 Å². The first kappa shape index (κ1) is 19.8. The minimum atomic E-state index is -1.05. The third kappa shape index (κ3) is 3.07. The summed E-state index contributed by atoms with van der Waals surface area (Å²) in [5.74, 6) is -0.623. The molecule has 0 unspecified atom stereocenters. The van der Waals surface area contributed by atoms with E-state index in [9.17, 15) is 8.78 Å². The average Bonchev–Trinajstić information content (AvgIpc) is 3.22. The molecule has 166 valence electrons. The minimum absolute atomic E-state index is 0.0246. The van der Waals surface area contributed by atoms with Gasteiger partial charge in [0.15, 0.2) is 11.3 Å². The number of fused-ring (bicyclic) bond motifs is 4. The molecular formula is C24H18F2N4O3. The smallest absolute Gasteiger partial charge is 0.283 e. The highest BCUT2D eigenvalue weighted by atomic mass is 19.1. The third-order valence-electron chi connectivity index (χ3n) is 6.07. The summed E-state index contributed by atoms with van der Waals surface area (Å²) in [7, 11) is 0. The lowest BCUT2D eigenvalue weighted by Crippen LogP contribution is -2.31. The largest absolute Gasteiger partial charge is 0.462 e. The SMILES string of the molecule is NC1=N[C@@]2(CO1)c1cc(-c3c(F)ccnc3F)ccc1Oc1cnc(C3=CCCOC3)cc12. The van der Waals surface area contributed by atoms with E-state index in [4.69, 9.17) is 19.9 Å². The van der Waals surface area contributed by atoms with Gasteiger partial charge in [-0.3, -0.25) is 4.98 Å². The average molecular weight is 448 g/mol. The Labute approximate surface area is 187 Å². The molecule has 5 heterocycles. The minimum Gasteiger partial charge on any atom is -0.462 e.